The van der Waals surface area contributed by atoms with Crippen LogP contribution in [0, 0.1) is 17.1 Å². The van der Waals surface area contributed by atoms with Crippen molar-refractivity contribution in [2.24, 2.45) is 0 Å². The summed E-state index contributed by atoms with van der Waals surface area (Å²) < 4.78 is 13.0. The van der Waals surface area contributed by atoms with Crippen LogP contribution in [-0.4, -0.2) is 10.8 Å². The van der Waals surface area contributed by atoms with Crippen LogP contribution in [0.1, 0.15) is 21.3 Å². The Balaban J connectivity index is 1.89. The summed E-state index contributed by atoms with van der Waals surface area (Å²) in [6, 6.07) is 14.3. The van der Waals surface area contributed by atoms with E-state index in [0.717, 1.165) is 5.56 Å². The Hall–Kier alpha value is -2.55. The molecule has 0 aliphatic carbocycles. The van der Waals surface area contributed by atoms with Crippen LogP contribution >= 0.6 is 22.9 Å². The average molecular weight is 357 g/mol. The molecule has 0 saturated carbocycles. The first-order valence-corrected chi connectivity index (χ1v) is 8.25. The monoisotopic (exact) mass is 356 g/mol. The zero-order valence-corrected chi connectivity index (χ0v) is 13.8. The van der Waals surface area contributed by atoms with Crippen LogP contribution in [0.2, 0.25) is 5.02 Å². The highest BCUT2D eigenvalue weighted by Crippen LogP contribution is 2.29. The van der Waals surface area contributed by atoms with Crippen molar-refractivity contribution >= 4 is 28.7 Å². The predicted octanol–water partition coefficient (Wildman–Crippen LogP) is 5.09. The fraction of sp³-hybridized carbons (Fsp3) is 0.0556. The molecular weight excluding hydrogens is 347 g/mol. The van der Waals surface area contributed by atoms with E-state index in [1.165, 1.54) is 35.6 Å². The highest BCUT2D eigenvalue weighted by atomic mass is 35.5. The minimum atomic E-state index is -1.01. The molecular formula is C18H10ClFN2OS. The van der Waals surface area contributed by atoms with Crippen LogP contribution in [0.3, 0.4) is 0 Å². The van der Waals surface area contributed by atoms with E-state index in [0.29, 0.717) is 15.7 Å². The number of hydrogen-bond donors (Lipinski definition) is 0. The molecule has 3 nitrogen and oxygen atoms in total. The third-order valence-electron chi connectivity index (χ3n) is 3.43. The maximum absolute atomic E-state index is 13.0. The lowest BCUT2D eigenvalue weighted by Gasteiger charge is -2.05. The molecule has 3 rings (SSSR count). The molecule has 1 atom stereocenters. The van der Waals surface area contributed by atoms with E-state index in [4.69, 9.17) is 11.6 Å². The van der Waals surface area contributed by atoms with Gasteiger partial charge in [-0.05, 0) is 36.4 Å². The van der Waals surface area contributed by atoms with Gasteiger partial charge >= 0.3 is 0 Å². The van der Waals surface area contributed by atoms with Gasteiger partial charge in [0.1, 0.15) is 10.8 Å². The van der Waals surface area contributed by atoms with E-state index in [9.17, 15) is 14.4 Å². The number of aromatic nitrogens is 1. The second-order valence-corrected chi connectivity index (χ2v) is 6.34. The maximum atomic E-state index is 13.0. The molecule has 1 aromatic heterocycles. The summed E-state index contributed by atoms with van der Waals surface area (Å²) in [5.74, 6) is -1.84. The van der Waals surface area contributed by atoms with Crippen molar-refractivity contribution in [1.82, 2.24) is 4.98 Å². The van der Waals surface area contributed by atoms with Crippen LogP contribution in [0.5, 0.6) is 0 Å². The quantitative estimate of drug-likeness (QED) is 0.611. The van der Waals surface area contributed by atoms with E-state index >= 15 is 0 Å². The molecule has 0 aliphatic heterocycles. The molecule has 0 fully saturated rings. The number of benzene rings is 2. The van der Waals surface area contributed by atoms with E-state index in [2.05, 4.69) is 4.98 Å². The van der Waals surface area contributed by atoms with Crippen molar-refractivity contribution in [3.63, 3.8) is 0 Å². The van der Waals surface area contributed by atoms with Gasteiger partial charge in [-0.25, -0.2) is 9.37 Å². The molecule has 1 heterocycles. The summed E-state index contributed by atoms with van der Waals surface area (Å²) in [6.45, 7) is 0. The zero-order valence-electron chi connectivity index (χ0n) is 12.2. The third kappa shape index (κ3) is 3.35. The van der Waals surface area contributed by atoms with Crippen LogP contribution in [0.15, 0.2) is 53.9 Å². The second-order valence-electron chi connectivity index (χ2n) is 5.01. The predicted molar refractivity (Wildman–Crippen MR) is 91.6 cm³/mol. The fourth-order valence-corrected chi connectivity index (χ4v) is 3.17. The van der Waals surface area contributed by atoms with Gasteiger partial charge in [-0.3, -0.25) is 4.79 Å². The van der Waals surface area contributed by atoms with Gasteiger partial charge in [0.2, 0.25) is 0 Å². The number of nitrogens with zero attached hydrogens (tertiary/aromatic N) is 2. The molecule has 2 aromatic carbocycles. The number of carbonyl (C=O) groups excluding carboxylic acids is 1. The standard InChI is InChI=1S/C18H10ClFN2OS/c19-13-5-1-11(2-6-13)16-10-24-18(22-16)15(9-21)17(23)12-3-7-14(20)8-4-12/h1-8,10,15H. The number of ketones is 1. The van der Waals surface area contributed by atoms with Gasteiger partial charge in [0.25, 0.3) is 0 Å². The summed E-state index contributed by atoms with van der Waals surface area (Å²) in [5, 5.41) is 12.2. The molecule has 0 aliphatic rings. The van der Waals surface area contributed by atoms with Gasteiger partial charge in [0.15, 0.2) is 11.7 Å². The van der Waals surface area contributed by atoms with Crippen molar-refractivity contribution in [2.45, 2.75) is 5.92 Å². The molecule has 118 valence electrons. The molecule has 6 heteroatoms. The molecule has 0 N–H and O–H groups in total. The molecule has 1 unspecified atom stereocenters. The van der Waals surface area contributed by atoms with Gasteiger partial charge in [0.05, 0.1) is 11.8 Å². The number of rotatable bonds is 4. The van der Waals surface area contributed by atoms with E-state index in [1.807, 2.05) is 18.2 Å². The van der Waals surface area contributed by atoms with Gasteiger partial charge in [-0.2, -0.15) is 5.26 Å². The first-order valence-electron chi connectivity index (χ1n) is 6.99. The smallest absolute Gasteiger partial charge is 0.186 e. The van der Waals surface area contributed by atoms with Gasteiger partial charge in [-0.15, -0.1) is 11.3 Å². The number of thiazole rings is 1. The number of hydrogen-bond acceptors (Lipinski definition) is 4. The molecule has 0 bridgehead atoms. The Labute approximate surface area is 147 Å². The van der Waals surface area contributed by atoms with Crippen molar-refractivity contribution in [3.8, 4) is 17.3 Å². The summed E-state index contributed by atoms with van der Waals surface area (Å²) >= 11 is 7.11. The lowest BCUT2D eigenvalue weighted by Crippen LogP contribution is -2.11. The Kier molecular flexibility index (Phi) is 4.70. The second kappa shape index (κ2) is 6.91. The summed E-state index contributed by atoms with van der Waals surface area (Å²) in [5.41, 5.74) is 1.82. The molecule has 3 aromatic rings. The number of carbonyl (C=O) groups is 1. The third-order valence-corrected chi connectivity index (χ3v) is 4.59. The number of nitriles is 1. The van der Waals surface area contributed by atoms with Crippen LogP contribution in [-0.2, 0) is 0 Å². The zero-order chi connectivity index (χ0) is 17.1. The van der Waals surface area contributed by atoms with Crippen molar-refractivity contribution in [1.29, 1.82) is 5.26 Å². The van der Waals surface area contributed by atoms with Crippen molar-refractivity contribution in [3.05, 3.63) is 75.3 Å². The van der Waals surface area contributed by atoms with Gasteiger partial charge < -0.3 is 0 Å². The Morgan fingerprint density at radius 2 is 1.83 bits per heavy atom. The first kappa shape index (κ1) is 16.3. The normalized spacial score (nSPS) is 11.7. The Morgan fingerprint density at radius 1 is 1.17 bits per heavy atom. The largest absolute Gasteiger partial charge is 0.292 e. The molecule has 0 saturated heterocycles. The first-order chi connectivity index (χ1) is 11.6. The minimum absolute atomic E-state index is 0.284. The number of halogens is 2. The lowest BCUT2D eigenvalue weighted by molar-refractivity contribution is 0.0979. The molecule has 0 radical (unpaired) electrons. The van der Waals surface area contributed by atoms with Crippen molar-refractivity contribution < 1.29 is 9.18 Å². The highest BCUT2D eigenvalue weighted by molar-refractivity contribution is 7.10. The maximum Gasteiger partial charge on any atom is 0.186 e. The van der Waals surface area contributed by atoms with Gasteiger partial charge in [0, 0.05) is 21.5 Å². The van der Waals surface area contributed by atoms with Crippen molar-refractivity contribution in [2.75, 3.05) is 0 Å². The summed E-state index contributed by atoms with van der Waals surface area (Å²) in [7, 11) is 0. The average Bonchev–Trinajstić information content (AvgIpc) is 3.06. The van der Waals surface area contributed by atoms with E-state index < -0.39 is 17.5 Å². The minimum Gasteiger partial charge on any atom is -0.292 e. The molecule has 24 heavy (non-hydrogen) atoms. The molecule has 0 amide bonds. The van der Waals surface area contributed by atoms with Crippen LogP contribution in [0.25, 0.3) is 11.3 Å². The highest BCUT2D eigenvalue weighted by Gasteiger charge is 2.25. The molecule has 0 spiro atoms. The van der Waals surface area contributed by atoms with E-state index in [1.54, 1.807) is 17.5 Å². The summed E-state index contributed by atoms with van der Waals surface area (Å²) in [4.78, 5) is 16.9. The fourth-order valence-electron chi connectivity index (χ4n) is 2.18. The topological polar surface area (TPSA) is 53.8 Å². The summed E-state index contributed by atoms with van der Waals surface area (Å²) in [6.07, 6.45) is 0. The van der Waals surface area contributed by atoms with Crippen LogP contribution < -0.4 is 0 Å². The Morgan fingerprint density at radius 3 is 2.46 bits per heavy atom. The SMILES string of the molecule is N#CC(C(=O)c1ccc(F)cc1)c1nc(-c2ccc(Cl)cc2)cs1. The Bertz CT molecular complexity index is 913. The van der Waals surface area contributed by atoms with Gasteiger partial charge in [-0.1, -0.05) is 23.7 Å². The van der Waals surface area contributed by atoms with Crippen LogP contribution in [0.4, 0.5) is 4.39 Å². The number of Topliss-reactive ketones (excluding diaryl/α,β-unsaturated/α-hetero) is 1. The lowest BCUT2D eigenvalue weighted by atomic mass is 9.99. The van der Waals surface area contributed by atoms with E-state index in [-0.39, 0.29) is 5.56 Å².